The summed E-state index contributed by atoms with van der Waals surface area (Å²) in [5.74, 6) is -0.0250. The van der Waals surface area contributed by atoms with E-state index < -0.39 is 0 Å². The molecule has 4 heteroatoms. The molecule has 1 fully saturated rings. The molecule has 0 radical (unpaired) electrons. The molecule has 4 nitrogen and oxygen atoms in total. The van der Waals surface area contributed by atoms with E-state index in [0.717, 1.165) is 11.3 Å². The van der Waals surface area contributed by atoms with E-state index in [1.165, 1.54) is 5.06 Å². The summed E-state index contributed by atoms with van der Waals surface area (Å²) >= 11 is 0. The number of carbonyl (C=O) groups excluding carboxylic acids is 1. The van der Waals surface area contributed by atoms with Crippen molar-refractivity contribution >= 4 is 11.6 Å². The van der Waals surface area contributed by atoms with Gasteiger partial charge in [0.1, 0.15) is 0 Å². The summed E-state index contributed by atoms with van der Waals surface area (Å²) in [6.45, 7) is 0.443. The third-order valence-corrected chi connectivity index (χ3v) is 2.22. The topological polar surface area (TPSA) is 53.3 Å². The van der Waals surface area contributed by atoms with Crippen molar-refractivity contribution in [2.24, 2.45) is 0 Å². The lowest BCUT2D eigenvalue weighted by Gasteiger charge is -2.13. The van der Waals surface area contributed by atoms with Crippen LogP contribution in [0.4, 0.5) is 5.69 Å². The Labute approximate surface area is 87.6 Å². The Hall–Kier alpha value is -1.86. The fraction of sp³-hybridized carbons (Fsp3) is 0.273. The lowest BCUT2D eigenvalue weighted by molar-refractivity contribution is -0.119. The summed E-state index contributed by atoms with van der Waals surface area (Å²) < 4.78 is 0. The standard InChI is InChI=1S/C11H10N2O2/c12-7-5-9-1-3-10(4-2-9)13-11(14)6-8-15-13/h1-4H,5-6,8H2. The molecule has 1 aliphatic rings. The SMILES string of the molecule is N#CCc1ccc(N2OCCC2=O)cc1. The Morgan fingerprint density at radius 3 is 2.67 bits per heavy atom. The second kappa shape index (κ2) is 4.11. The largest absolute Gasteiger partial charge is 0.272 e. The minimum absolute atomic E-state index is 0.0250. The van der Waals surface area contributed by atoms with Gasteiger partial charge in [-0.05, 0) is 17.7 Å². The van der Waals surface area contributed by atoms with Crippen molar-refractivity contribution in [1.82, 2.24) is 0 Å². The van der Waals surface area contributed by atoms with E-state index in [1.54, 1.807) is 12.1 Å². The van der Waals surface area contributed by atoms with E-state index >= 15 is 0 Å². The number of nitrogens with zero attached hydrogens (tertiary/aromatic N) is 2. The molecule has 0 bridgehead atoms. The molecule has 1 saturated heterocycles. The number of anilines is 1. The van der Waals surface area contributed by atoms with Gasteiger partial charge in [0.25, 0.3) is 5.91 Å². The normalized spacial score (nSPS) is 15.4. The number of carbonyl (C=O) groups is 1. The van der Waals surface area contributed by atoms with Crippen molar-refractivity contribution in [3.63, 3.8) is 0 Å². The molecule has 0 atom stereocenters. The van der Waals surface area contributed by atoms with Crippen LogP contribution in [0.3, 0.4) is 0 Å². The molecule has 15 heavy (non-hydrogen) atoms. The van der Waals surface area contributed by atoms with Gasteiger partial charge in [0, 0.05) is 0 Å². The predicted molar refractivity (Wildman–Crippen MR) is 53.8 cm³/mol. The zero-order valence-electron chi connectivity index (χ0n) is 8.14. The Bertz CT molecular complexity index is 406. The highest BCUT2D eigenvalue weighted by Crippen LogP contribution is 2.20. The van der Waals surface area contributed by atoms with Gasteiger partial charge < -0.3 is 0 Å². The Kier molecular flexibility index (Phi) is 2.66. The van der Waals surface area contributed by atoms with E-state index in [1.807, 2.05) is 12.1 Å². The van der Waals surface area contributed by atoms with Crippen molar-refractivity contribution in [2.45, 2.75) is 12.8 Å². The number of hydrogen-bond acceptors (Lipinski definition) is 3. The maximum Gasteiger partial charge on any atom is 0.253 e. The van der Waals surface area contributed by atoms with Crippen LogP contribution in [0.15, 0.2) is 24.3 Å². The van der Waals surface area contributed by atoms with Gasteiger partial charge in [-0.3, -0.25) is 9.63 Å². The summed E-state index contributed by atoms with van der Waals surface area (Å²) in [6.07, 6.45) is 0.815. The molecule has 1 aromatic carbocycles. The Morgan fingerprint density at radius 2 is 2.13 bits per heavy atom. The highest BCUT2D eigenvalue weighted by Gasteiger charge is 2.22. The van der Waals surface area contributed by atoms with E-state index in [-0.39, 0.29) is 5.91 Å². The third-order valence-electron chi connectivity index (χ3n) is 2.22. The zero-order chi connectivity index (χ0) is 10.7. The van der Waals surface area contributed by atoms with E-state index in [2.05, 4.69) is 6.07 Å². The van der Waals surface area contributed by atoms with Gasteiger partial charge in [-0.15, -0.1) is 0 Å². The molecule has 2 rings (SSSR count). The molecule has 0 aromatic heterocycles. The van der Waals surface area contributed by atoms with Crippen molar-refractivity contribution in [3.05, 3.63) is 29.8 Å². The highest BCUT2D eigenvalue weighted by molar-refractivity contribution is 5.92. The van der Waals surface area contributed by atoms with Gasteiger partial charge in [-0.25, -0.2) is 0 Å². The van der Waals surface area contributed by atoms with Crippen LogP contribution in [0.2, 0.25) is 0 Å². The first kappa shape index (κ1) is 9.69. The average molecular weight is 202 g/mol. The van der Waals surface area contributed by atoms with Gasteiger partial charge in [0.2, 0.25) is 0 Å². The Balaban J connectivity index is 2.16. The summed E-state index contributed by atoms with van der Waals surface area (Å²) in [4.78, 5) is 16.5. The van der Waals surface area contributed by atoms with Crippen LogP contribution in [-0.2, 0) is 16.1 Å². The second-order valence-corrected chi connectivity index (χ2v) is 3.27. The van der Waals surface area contributed by atoms with Gasteiger partial charge in [-0.1, -0.05) is 12.1 Å². The minimum Gasteiger partial charge on any atom is -0.272 e. The van der Waals surface area contributed by atoms with Crippen LogP contribution < -0.4 is 5.06 Å². The number of hydrogen-bond donors (Lipinski definition) is 0. The maximum atomic E-state index is 11.3. The first-order valence-corrected chi connectivity index (χ1v) is 4.73. The zero-order valence-corrected chi connectivity index (χ0v) is 8.14. The monoisotopic (exact) mass is 202 g/mol. The van der Waals surface area contributed by atoms with Crippen molar-refractivity contribution < 1.29 is 9.63 Å². The number of benzene rings is 1. The minimum atomic E-state index is -0.0250. The lowest BCUT2D eigenvalue weighted by atomic mass is 10.1. The van der Waals surface area contributed by atoms with Gasteiger partial charge in [0.15, 0.2) is 0 Å². The van der Waals surface area contributed by atoms with Crippen molar-refractivity contribution in [3.8, 4) is 6.07 Å². The molecule has 0 aliphatic carbocycles. The number of amides is 1. The second-order valence-electron chi connectivity index (χ2n) is 3.27. The molecule has 76 valence electrons. The van der Waals surface area contributed by atoms with Crippen LogP contribution >= 0.6 is 0 Å². The van der Waals surface area contributed by atoms with E-state index in [0.29, 0.717) is 19.4 Å². The summed E-state index contributed by atoms with van der Waals surface area (Å²) in [7, 11) is 0. The average Bonchev–Trinajstić information content (AvgIpc) is 2.66. The molecular weight excluding hydrogens is 192 g/mol. The summed E-state index contributed by atoms with van der Waals surface area (Å²) in [6, 6.07) is 9.30. The fourth-order valence-electron chi connectivity index (χ4n) is 1.46. The molecule has 1 amide bonds. The molecule has 1 aromatic rings. The van der Waals surface area contributed by atoms with Crippen LogP contribution in [-0.4, -0.2) is 12.5 Å². The van der Waals surface area contributed by atoms with Crippen LogP contribution in [0.5, 0.6) is 0 Å². The summed E-state index contributed by atoms with van der Waals surface area (Å²) in [5.41, 5.74) is 1.66. The van der Waals surface area contributed by atoms with Crippen LogP contribution in [0, 0.1) is 11.3 Å². The predicted octanol–water partition coefficient (Wildman–Crippen LogP) is 1.42. The molecule has 0 saturated carbocycles. The molecular formula is C11H10N2O2. The van der Waals surface area contributed by atoms with Gasteiger partial charge in [0.05, 0.1) is 31.2 Å². The van der Waals surface area contributed by atoms with Gasteiger partial charge >= 0.3 is 0 Å². The highest BCUT2D eigenvalue weighted by atomic mass is 16.7. The van der Waals surface area contributed by atoms with E-state index in [9.17, 15) is 4.79 Å². The quantitative estimate of drug-likeness (QED) is 0.728. The number of rotatable bonds is 2. The molecule has 0 N–H and O–H groups in total. The van der Waals surface area contributed by atoms with Gasteiger partial charge in [-0.2, -0.15) is 10.3 Å². The Morgan fingerprint density at radius 1 is 1.40 bits per heavy atom. The first-order valence-electron chi connectivity index (χ1n) is 4.73. The van der Waals surface area contributed by atoms with Crippen molar-refractivity contribution in [2.75, 3.05) is 11.7 Å². The molecule has 1 heterocycles. The molecule has 0 unspecified atom stereocenters. The van der Waals surface area contributed by atoms with Crippen molar-refractivity contribution in [1.29, 1.82) is 5.26 Å². The van der Waals surface area contributed by atoms with Crippen LogP contribution in [0.25, 0.3) is 0 Å². The smallest absolute Gasteiger partial charge is 0.253 e. The maximum absolute atomic E-state index is 11.3. The van der Waals surface area contributed by atoms with Crippen LogP contribution in [0.1, 0.15) is 12.0 Å². The molecule has 0 spiro atoms. The van der Waals surface area contributed by atoms with E-state index in [4.69, 9.17) is 10.1 Å². The lowest BCUT2D eigenvalue weighted by Crippen LogP contribution is -2.21. The fourth-order valence-corrected chi connectivity index (χ4v) is 1.46. The number of hydroxylamine groups is 1. The third kappa shape index (κ3) is 1.97. The first-order chi connectivity index (χ1) is 7.31. The summed E-state index contributed by atoms with van der Waals surface area (Å²) in [5, 5.41) is 9.81. The molecule has 1 aliphatic heterocycles. The number of nitriles is 1.